The van der Waals surface area contributed by atoms with E-state index in [1.807, 2.05) is 31.2 Å². The molecule has 5 nitrogen and oxygen atoms in total. The minimum Gasteiger partial charge on any atom is -0.370 e. The van der Waals surface area contributed by atoms with Gasteiger partial charge in [-0.1, -0.05) is 24.3 Å². The molecule has 0 radical (unpaired) electrons. The van der Waals surface area contributed by atoms with Crippen LogP contribution < -0.4 is 5.32 Å². The molecule has 1 fully saturated rings. The molecule has 2 heterocycles. The van der Waals surface area contributed by atoms with Gasteiger partial charge in [-0.15, -0.1) is 35.3 Å². The Labute approximate surface area is 183 Å². The highest BCUT2D eigenvalue weighted by Crippen LogP contribution is 2.30. The highest BCUT2D eigenvalue weighted by molar-refractivity contribution is 14.0. The second kappa shape index (κ2) is 9.88. The van der Waals surface area contributed by atoms with Crippen molar-refractivity contribution in [1.29, 1.82) is 0 Å². The fourth-order valence-electron chi connectivity index (χ4n) is 2.99. The third-order valence-corrected chi connectivity index (χ3v) is 5.20. The predicted molar refractivity (Wildman–Crippen MR) is 114 cm³/mol. The molecular weight excluding hydrogens is 504 g/mol. The van der Waals surface area contributed by atoms with Gasteiger partial charge in [0.2, 0.25) is 0 Å². The number of guanidine groups is 1. The molecule has 1 atom stereocenters. The monoisotopic (exact) mass is 526 g/mol. The minimum atomic E-state index is -4.42. The summed E-state index contributed by atoms with van der Waals surface area (Å²) >= 11 is 0.983. The van der Waals surface area contributed by atoms with Crippen LogP contribution in [0, 0.1) is 6.92 Å². The van der Waals surface area contributed by atoms with Gasteiger partial charge in [-0.05, 0) is 18.1 Å². The Balaban J connectivity index is 0.00000280. The molecule has 28 heavy (non-hydrogen) atoms. The average molecular weight is 526 g/mol. The van der Waals surface area contributed by atoms with Crippen molar-refractivity contribution in [3.63, 3.8) is 0 Å². The molecule has 1 N–H and O–H groups in total. The van der Waals surface area contributed by atoms with Crippen molar-refractivity contribution in [3.05, 3.63) is 51.5 Å². The van der Waals surface area contributed by atoms with Gasteiger partial charge >= 0.3 is 6.18 Å². The molecule has 1 unspecified atom stereocenters. The molecule has 0 saturated carbocycles. The van der Waals surface area contributed by atoms with Crippen LogP contribution in [-0.2, 0) is 17.5 Å². The number of nitrogens with zero attached hydrogens (tertiary/aromatic N) is 3. The van der Waals surface area contributed by atoms with E-state index >= 15 is 0 Å². The number of aryl methyl sites for hydroxylation is 1. The number of hydrogen-bond donors (Lipinski definition) is 1. The smallest absolute Gasteiger partial charge is 0.370 e. The van der Waals surface area contributed by atoms with Gasteiger partial charge < -0.3 is 15.0 Å². The molecule has 1 aromatic heterocycles. The molecule has 154 valence electrons. The number of benzene rings is 1. The van der Waals surface area contributed by atoms with Crippen LogP contribution in [0.3, 0.4) is 0 Å². The lowest BCUT2D eigenvalue weighted by molar-refractivity contribution is -0.140. The van der Waals surface area contributed by atoms with Crippen molar-refractivity contribution >= 4 is 41.3 Å². The number of thiazole rings is 1. The molecule has 0 bridgehead atoms. The molecule has 1 aliphatic rings. The van der Waals surface area contributed by atoms with Crippen LogP contribution in [0.5, 0.6) is 0 Å². The first-order valence-electron chi connectivity index (χ1n) is 8.53. The van der Waals surface area contributed by atoms with Gasteiger partial charge in [0.05, 0.1) is 19.7 Å². The number of hydrogen-bond acceptors (Lipinski definition) is 4. The van der Waals surface area contributed by atoms with E-state index in [4.69, 9.17) is 4.74 Å². The highest BCUT2D eigenvalue weighted by Gasteiger charge is 2.33. The van der Waals surface area contributed by atoms with Crippen molar-refractivity contribution in [2.45, 2.75) is 25.7 Å². The first-order valence-corrected chi connectivity index (χ1v) is 9.40. The number of ether oxygens (including phenoxy) is 1. The Bertz CT molecular complexity index is 812. The SMILES string of the molecule is CN=C(NCc1nc(C(F)(F)F)cs1)N1CCOC(c2ccccc2C)C1.I. The van der Waals surface area contributed by atoms with Gasteiger partial charge in [-0.2, -0.15) is 13.2 Å². The lowest BCUT2D eigenvalue weighted by Crippen LogP contribution is -2.48. The molecule has 2 aromatic rings. The van der Waals surface area contributed by atoms with E-state index in [0.717, 1.165) is 27.8 Å². The zero-order valence-electron chi connectivity index (χ0n) is 15.5. The first kappa shape index (κ1) is 22.9. The third-order valence-electron chi connectivity index (χ3n) is 4.35. The molecular formula is C18H22F3IN4OS. The Hall–Kier alpha value is -1.40. The topological polar surface area (TPSA) is 49.8 Å². The molecule has 10 heteroatoms. The Morgan fingerprint density at radius 2 is 2.14 bits per heavy atom. The number of alkyl halides is 3. The van der Waals surface area contributed by atoms with Gasteiger partial charge in [0.25, 0.3) is 0 Å². The number of morpholine rings is 1. The van der Waals surface area contributed by atoms with Crippen LogP contribution in [0.15, 0.2) is 34.6 Å². The first-order chi connectivity index (χ1) is 12.9. The van der Waals surface area contributed by atoms with Gasteiger partial charge in [-0.25, -0.2) is 4.98 Å². The second-order valence-electron chi connectivity index (χ2n) is 6.19. The summed E-state index contributed by atoms with van der Waals surface area (Å²) in [5, 5.41) is 4.51. The number of rotatable bonds is 3. The van der Waals surface area contributed by atoms with Gasteiger partial charge in [0.1, 0.15) is 11.1 Å². The van der Waals surface area contributed by atoms with E-state index in [1.54, 1.807) is 7.05 Å². The summed E-state index contributed by atoms with van der Waals surface area (Å²) in [4.78, 5) is 9.96. The van der Waals surface area contributed by atoms with Crippen molar-refractivity contribution in [1.82, 2.24) is 15.2 Å². The summed E-state index contributed by atoms with van der Waals surface area (Å²) < 4.78 is 43.9. The Morgan fingerprint density at radius 1 is 1.39 bits per heavy atom. The average Bonchev–Trinajstić information content (AvgIpc) is 3.12. The summed E-state index contributed by atoms with van der Waals surface area (Å²) in [6.45, 7) is 4.07. The van der Waals surface area contributed by atoms with Crippen LogP contribution >= 0.6 is 35.3 Å². The number of halogens is 4. The lowest BCUT2D eigenvalue weighted by atomic mass is 10.0. The van der Waals surface area contributed by atoms with E-state index in [0.29, 0.717) is 30.7 Å². The van der Waals surface area contributed by atoms with Crippen LogP contribution in [0.1, 0.15) is 27.9 Å². The zero-order chi connectivity index (χ0) is 19.4. The largest absolute Gasteiger partial charge is 0.434 e. The summed E-state index contributed by atoms with van der Waals surface area (Å²) in [7, 11) is 1.66. The van der Waals surface area contributed by atoms with E-state index in [2.05, 4.69) is 20.2 Å². The van der Waals surface area contributed by atoms with E-state index in [-0.39, 0.29) is 36.6 Å². The molecule has 0 amide bonds. The molecule has 1 aromatic carbocycles. The van der Waals surface area contributed by atoms with Gasteiger partial charge in [-0.3, -0.25) is 4.99 Å². The van der Waals surface area contributed by atoms with Crippen LogP contribution in [-0.4, -0.2) is 42.6 Å². The van der Waals surface area contributed by atoms with E-state index in [9.17, 15) is 13.2 Å². The van der Waals surface area contributed by atoms with Gasteiger partial charge in [0, 0.05) is 19.0 Å². The summed E-state index contributed by atoms with van der Waals surface area (Å²) in [6, 6.07) is 8.07. The fourth-order valence-corrected chi connectivity index (χ4v) is 3.73. The van der Waals surface area contributed by atoms with Crippen molar-refractivity contribution in [2.24, 2.45) is 4.99 Å². The number of aliphatic imine (C=N–C) groups is 1. The number of aromatic nitrogens is 1. The number of nitrogens with one attached hydrogen (secondary N) is 1. The Morgan fingerprint density at radius 3 is 2.79 bits per heavy atom. The zero-order valence-corrected chi connectivity index (χ0v) is 18.6. The van der Waals surface area contributed by atoms with Crippen molar-refractivity contribution in [2.75, 3.05) is 26.7 Å². The van der Waals surface area contributed by atoms with Crippen molar-refractivity contribution < 1.29 is 17.9 Å². The van der Waals surface area contributed by atoms with Crippen LogP contribution in [0.4, 0.5) is 13.2 Å². The summed E-state index contributed by atoms with van der Waals surface area (Å²) in [5.74, 6) is 0.626. The van der Waals surface area contributed by atoms with Crippen LogP contribution in [0.2, 0.25) is 0 Å². The molecule has 1 aliphatic heterocycles. The quantitative estimate of drug-likeness (QED) is 0.370. The summed E-state index contributed by atoms with van der Waals surface area (Å²) in [5.41, 5.74) is 1.44. The van der Waals surface area contributed by atoms with Gasteiger partial charge in [0.15, 0.2) is 11.7 Å². The summed E-state index contributed by atoms with van der Waals surface area (Å²) in [6.07, 6.45) is -4.49. The van der Waals surface area contributed by atoms with E-state index in [1.165, 1.54) is 0 Å². The lowest BCUT2D eigenvalue weighted by Gasteiger charge is -2.35. The molecule has 3 rings (SSSR count). The second-order valence-corrected chi connectivity index (χ2v) is 7.13. The van der Waals surface area contributed by atoms with Crippen LogP contribution in [0.25, 0.3) is 0 Å². The highest BCUT2D eigenvalue weighted by atomic mass is 127. The normalized spacial score (nSPS) is 18.0. The predicted octanol–water partition coefficient (Wildman–Crippen LogP) is 4.24. The minimum absolute atomic E-state index is 0. The maximum Gasteiger partial charge on any atom is 0.434 e. The Kier molecular flexibility index (Phi) is 8.07. The fraction of sp³-hybridized carbons (Fsp3) is 0.444. The standard InChI is InChI=1S/C18H21F3N4OS.HI/c1-12-5-3-4-6-13(12)14-10-25(7-8-26-14)17(22-2)23-9-16-24-15(11-27-16)18(19,20)21;/h3-6,11,14H,7-10H2,1-2H3,(H,22,23);1H. The molecule has 0 aliphatic carbocycles. The maximum absolute atomic E-state index is 12.7. The van der Waals surface area contributed by atoms with E-state index < -0.39 is 11.9 Å². The maximum atomic E-state index is 12.7. The third kappa shape index (κ3) is 5.57. The molecule has 0 spiro atoms. The molecule has 1 saturated heterocycles. The van der Waals surface area contributed by atoms with Crippen molar-refractivity contribution in [3.8, 4) is 0 Å².